The fourth-order valence-corrected chi connectivity index (χ4v) is 3.01. The van der Waals surface area contributed by atoms with E-state index in [1.165, 1.54) is 12.1 Å². The summed E-state index contributed by atoms with van der Waals surface area (Å²) in [5.41, 5.74) is -0.906. The molecule has 116 valence electrons. The zero-order valence-corrected chi connectivity index (χ0v) is 14.0. The van der Waals surface area contributed by atoms with Gasteiger partial charge in [0.25, 0.3) is 10.1 Å². The molecule has 0 aliphatic carbocycles. The van der Waals surface area contributed by atoms with Gasteiger partial charge in [0, 0.05) is 0 Å². The van der Waals surface area contributed by atoms with Crippen molar-refractivity contribution in [1.82, 2.24) is 0 Å². The van der Waals surface area contributed by atoms with E-state index in [1.54, 1.807) is 31.1 Å². The van der Waals surface area contributed by atoms with E-state index in [1.807, 2.05) is 0 Å². The average molecular weight is 360 g/mol. The summed E-state index contributed by atoms with van der Waals surface area (Å²) < 4.78 is 41.5. The Morgan fingerprint density at radius 3 is 2.09 bits per heavy atom. The molecule has 2 aromatic rings. The zero-order chi connectivity index (χ0) is 16.5. The molecule has 10 heteroatoms. The van der Waals surface area contributed by atoms with Crippen molar-refractivity contribution >= 4 is 51.8 Å². The monoisotopic (exact) mass is 360 g/mol. The van der Waals surface area contributed by atoms with E-state index in [0.29, 0.717) is 5.39 Å². The van der Waals surface area contributed by atoms with E-state index in [4.69, 9.17) is 0 Å². The second kappa shape index (κ2) is 6.26. The van der Waals surface area contributed by atoms with Crippen LogP contribution in [0, 0.1) is 0 Å². The first-order chi connectivity index (χ1) is 10.3. The number of carbonyl (C=O) groups is 2. The van der Waals surface area contributed by atoms with E-state index in [9.17, 15) is 22.6 Å². The fourth-order valence-electron chi connectivity index (χ4n) is 2.06. The van der Waals surface area contributed by atoms with Crippen molar-refractivity contribution < 1.29 is 31.6 Å². The van der Waals surface area contributed by atoms with Gasteiger partial charge in [-0.05, 0) is 16.8 Å². The topological polar surface area (TPSA) is 107 Å². The maximum atomic E-state index is 12.0. The smallest absolute Gasteiger partial charge is 0.342 e. The molecule has 0 aliphatic rings. The molecular formula is C12H10O7P2S. The lowest BCUT2D eigenvalue weighted by Gasteiger charge is -2.13. The Hall–Kier alpha value is -1.59. The summed E-state index contributed by atoms with van der Waals surface area (Å²) in [4.78, 5) is 23.2. The molecule has 7 nitrogen and oxygen atoms in total. The summed E-state index contributed by atoms with van der Waals surface area (Å²) in [6.07, 6.45) is 0. The molecule has 2 rings (SSSR count). The largest absolute Gasteiger partial charge is 0.448 e. The normalized spacial score (nSPS) is 11.2. The van der Waals surface area contributed by atoms with Crippen molar-refractivity contribution in [3.63, 3.8) is 0 Å². The van der Waals surface area contributed by atoms with Crippen molar-refractivity contribution in [2.24, 2.45) is 0 Å². The van der Waals surface area contributed by atoms with Crippen LogP contribution in [0.2, 0.25) is 0 Å². The van der Waals surface area contributed by atoms with Gasteiger partial charge in [-0.15, -0.1) is 0 Å². The van der Waals surface area contributed by atoms with Crippen molar-refractivity contribution in [2.45, 2.75) is 4.90 Å². The molecule has 0 heterocycles. The summed E-state index contributed by atoms with van der Waals surface area (Å²) in [6.45, 7) is 0. The number of hydrogen-bond acceptors (Lipinski definition) is 6. The minimum Gasteiger partial charge on any atom is -0.448 e. The minimum atomic E-state index is -4.77. The predicted molar refractivity (Wildman–Crippen MR) is 84.0 cm³/mol. The highest BCUT2D eigenvalue weighted by atomic mass is 32.2. The third-order valence-corrected chi connectivity index (χ3v) is 4.22. The van der Waals surface area contributed by atoms with Gasteiger partial charge in [0.05, 0.1) is 30.1 Å². The molecule has 0 radical (unpaired) electrons. The van der Waals surface area contributed by atoms with Crippen LogP contribution in [-0.4, -0.2) is 24.9 Å². The SMILES string of the molecule is O=C(OP)c1c(S(=O)(=O)O)cc2ccccc2c1C(=O)OP. The van der Waals surface area contributed by atoms with Gasteiger partial charge < -0.3 is 9.05 Å². The summed E-state index contributed by atoms with van der Waals surface area (Å²) in [7, 11) is -1.40. The van der Waals surface area contributed by atoms with Gasteiger partial charge in [0.15, 0.2) is 0 Å². The Morgan fingerprint density at radius 1 is 1.00 bits per heavy atom. The van der Waals surface area contributed by atoms with Gasteiger partial charge in [-0.1, -0.05) is 24.3 Å². The van der Waals surface area contributed by atoms with Crippen LogP contribution in [0.1, 0.15) is 20.7 Å². The van der Waals surface area contributed by atoms with E-state index >= 15 is 0 Å². The Balaban J connectivity index is 3.08. The first-order valence-corrected chi connectivity index (χ1v) is 8.05. The first kappa shape index (κ1) is 16.8. The molecule has 2 unspecified atom stereocenters. The lowest BCUT2D eigenvalue weighted by molar-refractivity contribution is 0.0722. The van der Waals surface area contributed by atoms with Crippen LogP contribution >= 0.6 is 18.9 Å². The van der Waals surface area contributed by atoms with Crippen molar-refractivity contribution in [3.8, 4) is 0 Å². The highest BCUT2D eigenvalue weighted by Crippen LogP contribution is 2.31. The number of fused-ring (bicyclic) bond motifs is 1. The van der Waals surface area contributed by atoms with Gasteiger partial charge in [-0.25, -0.2) is 9.59 Å². The fraction of sp³-hybridized carbons (Fsp3) is 0. The minimum absolute atomic E-state index is 0.285. The van der Waals surface area contributed by atoms with Crippen LogP contribution in [0.3, 0.4) is 0 Å². The number of hydrogen-bond donors (Lipinski definition) is 1. The summed E-state index contributed by atoms with van der Waals surface area (Å²) in [5.74, 6) is -2.08. The molecular weight excluding hydrogens is 350 g/mol. The summed E-state index contributed by atoms with van der Waals surface area (Å²) in [6, 6.07) is 7.34. The van der Waals surface area contributed by atoms with Gasteiger partial charge in [-0.3, -0.25) is 4.55 Å². The van der Waals surface area contributed by atoms with E-state index in [2.05, 4.69) is 9.05 Å². The van der Waals surface area contributed by atoms with Crippen LogP contribution in [-0.2, 0) is 19.2 Å². The van der Waals surface area contributed by atoms with Crippen molar-refractivity contribution in [3.05, 3.63) is 41.5 Å². The van der Waals surface area contributed by atoms with Gasteiger partial charge in [0.1, 0.15) is 4.90 Å². The molecule has 0 saturated carbocycles. The quantitative estimate of drug-likeness (QED) is 0.659. The van der Waals surface area contributed by atoms with Crippen LogP contribution in [0.5, 0.6) is 0 Å². The molecule has 0 spiro atoms. The molecule has 0 aromatic heterocycles. The highest BCUT2D eigenvalue weighted by molar-refractivity contribution is 7.86. The maximum Gasteiger partial charge on any atom is 0.342 e. The summed E-state index contributed by atoms with van der Waals surface area (Å²) in [5, 5.41) is 0.619. The molecule has 0 amide bonds. The van der Waals surface area contributed by atoms with Gasteiger partial charge in [-0.2, -0.15) is 8.42 Å². The predicted octanol–water partition coefficient (Wildman–Crippen LogP) is 1.98. The van der Waals surface area contributed by atoms with Crippen molar-refractivity contribution in [1.29, 1.82) is 0 Å². The Morgan fingerprint density at radius 2 is 1.55 bits per heavy atom. The maximum absolute atomic E-state index is 12.0. The van der Waals surface area contributed by atoms with E-state index < -0.39 is 32.5 Å². The second-order valence-corrected chi connectivity index (χ2v) is 5.99. The molecule has 1 N–H and O–H groups in total. The lowest BCUT2D eigenvalue weighted by Crippen LogP contribution is -2.16. The lowest BCUT2D eigenvalue weighted by atomic mass is 9.99. The third kappa shape index (κ3) is 2.96. The van der Waals surface area contributed by atoms with Gasteiger partial charge >= 0.3 is 11.9 Å². The van der Waals surface area contributed by atoms with Crippen LogP contribution in [0.25, 0.3) is 10.8 Å². The van der Waals surface area contributed by atoms with E-state index in [-0.39, 0.29) is 10.9 Å². The average Bonchev–Trinajstić information content (AvgIpc) is 2.50. The first-order valence-electron chi connectivity index (χ1n) is 5.66. The number of carbonyl (C=O) groups excluding carboxylic acids is 2. The second-order valence-electron chi connectivity index (χ2n) is 4.13. The number of rotatable bonds is 3. The van der Waals surface area contributed by atoms with Crippen LogP contribution in [0.4, 0.5) is 0 Å². The Kier molecular flexibility index (Phi) is 4.78. The zero-order valence-electron chi connectivity index (χ0n) is 10.8. The third-order valence-electron chi connectivity index (χ3n) is 2.91. The van der Waals surface area contributed by atoms with Crippen molar-refractivity contribution in [2.75, 3.05) is 0 Å². The van der Waals surface area contributed by atoms with E-state index in [0.717, 1.165) is 6.07 Å². The van der Waals surface area contributed by atoms with Crippen LogP contribution in [0.15, 0.2) is 35.2 Å². The number of benzene rings is 2. The highest BCUT2D eigenvalue weighted by Gasteiger charge is 2.30. The Labute approximate surface area is 130 Å². The standard InChI is InChI=1S/C12H10O7P2S/c13-11(18-20)9-7-4-2-1-3-6(7)5-8(22(15,16)17)10(9)12(14)19-21/h1-5H,20-21H2,(H,15,16,17). The molecule has 0 fully saturated rings. The molecule has 2 aromatic carbocycles. The molecule has 0 bridgehead atoms. The van der Waals surface area contributed by atoms with Gasteiger partial charge in [0.2, 0.25) is 0 Å². The Bertz CT molecular complexity index is 876. The summed E-state index contributed by atoms with van der Waals surface area (Å²) >= 11 is 0. The molecule has 22 heavy (non-hydrogen) atoms. The van der Waals surface area contributed by atoms with Crippen LogP contribution < -0.4 is 0 Å². The molecule has 0 aliphatic heterocycles. The molecule has 2 atom stereocenters. The molecule has 0 saturated heterocycles.